The number of hydrogen-bond acceptors (Lipinski definition) is 3. The van der Waals surface area contributed by atoms with Crippen LogP contribution in [0.25, 0.3) is 0 Å². The Morgan fingerprint density at radius 2 is 1.21 bits per heavy atom. The Hall–Kier alpha value is -3.07. The zero-order chi connectivity index (χ0) is 16.6. The smallest absolute Gasteiger partial charge is 0.124 e. The molecule has 1 N–H and O–H groups in total. The first kappa shape index (κ1) is 15.8. The molecule has 3 aromatic rings. The standard InChI is InChI=1S/C21H20N2O/c24-21-14-8-7-13-20(21)15-22-23(16-18-9-3-1-4-10-18)17-19-11-5-2-6-12-19/h1-15,24H,16-17H2. The Kier molecular flexibility index (Phi) is 5.25. The molecular formula is C21H20N2O. The summed E-state index contributed by atoms with van der Waals surface area (Å²) >= 11 is 0. The van der Waals surface area contributed by atoms with E-state index >= 15 is 0 Å². The minimum Gasteiger partial charge on any atom is -0.507 e. The number of benzene rings is 3. The first-order chi connectivity index (χ1) is 11.8. The number of phenolic OH excluding ortho intramolecular Hbond substituents is 1. The molecule has 0 amide bonds. The van der Waals surface area contributed by atoms with Crippen molar-refractivity contribution in [1.82, 2.24) is 5.01 Å². The fourth-order valence-corrected chi connectivity index (χ4v) is 2.47. The van der Waals surface area contributed by atoms with Gasteiger partial charge in [0.1, 0.15) is 5.75 Å². The fraction of sp³-hybridized carbons (Fsp3) is 0.0952. The number of phenols is 1. The molecule has 0 aliphatic rings. The third-order valence-electron chi connectivity index (χ3n) is 3.71. The molecule has 3 nitrogen and oxygen atoms in total. The van der Waals surface area contributed by atoms with Gasteiger partial charge in [0.15, 0.2) is 0 Å². The number of para-hydroxylation sites is 1. The van der Waals surface area contributed by atoms with Crippen LogP contribution in [0.1, 0.15) is 16.7 Å². The fourth-order valence-electron chi connectivity index (χ4n) is 2.47. The van der Waals surface area contributed by atoms with Crippen molar-refractivity contribution < 1.29 is 5.11 Å². The first-order valence-electron chi connectivity index (χ1n) is 7.96. The molecule has 0 heterocycles. The number of aromatic hydroxyl groups is 1. The van der Waals surface area contributed by atoms with Gasteiger partial charge < -0.3 is 5.11 Å². The highest BCUT2D eigenvalue weighted by Crippen LogP contribution is 2.15. The van der Waals surface area contributed by atoms with Crippen molar-refractivity contribution in [3.63, 3.8) is 0 Å². The lowest BCUT2D eigenvalue weighted by atomic mass is 10.2. The van der Waals surface area contributed by atoms with E-state index in [1.807, 2.05) is 53.5 Å². The van der Waals surface area contributed by atoms with Crippen LogP contribution in [-0.2, 0) is 13.1 Å². The van der Waals surface area contributed by atoms with Crippen LogP contribution in [0.4, 0.5) is 0 Å². The molecule has 0 aliphatic heterocycles. The maximum Gasteiger partial charge on any atom is 0.124 e. The van der Waals surface area contributed by atoms with Crippen molar-refractivity contribution in [3.8, 4) is 5.75 Å². The van der Waals surface area contributed by atoms with Gasteiger partial charge in [0, 0.05) is 5.56 Å². The summed E-state index contributed by atoms with van der Waals surface area (Å²) in [4.78, 5) is 0. The van der Waals surface area contributed by atoms with Gasteiger partial charge in [-0.25, -0.2) is 0 Å². The summed E-state index contributed by atoms with van der Waals surface area (Å²) < 4.78 is 0. The van der Waals surface area contributed by atoms with E-state index in [9.17, 15) is 5.11 Å². The maximum absolute atomic E-state index is 9.89. The highest BCUT2D eigenvalue weighted by atomic mass is 16.3. The summed E-state index contributed by atoms with van der Waals surface area (Å²) in [6, 6.07) is 27.7. The van der Waals surface area contributed by atoms with Gasteiger partial charge in [-0.2, -0.15) is 5.10 Å². The van der Waals surface area contributed by atoms with Crippen LogP contribution >= 0.6 is 0 Å². The van der Waals surface area contributed by atoms with Crippen molar-refractivity contribution in [3.05, 3.63) is 102 Å². The van der Waals surface area contributed by atoms with Gasteiger partial charge in [0.2, 0.25) is 0 Å². The molecule has 0 aromatic heterocycles. The van der Waals surface area contributed by atoms with Crippen LogP contribution in [0.3, 0.4) is 0 Å². The number of hydrogen-bond donors (Lipinski definition) is 1. The number of rotatable bonds is 6. The zero-order valence-electron chi connectivity index (χ0n) is 13.4. The zero-order valence-corrected chi connectivity index (χ0v) is 13.4. The molecule has 120 valence electrons. The molecule has 3 heteroatoms. The Bertz CT molecular complexity index is 744. The van der Waals surface area contributed by atoms with Crippen molar-refractivity contribution in [1.29, 1.82) is 0 Å². The van der Waals surface area contributed by atoms with E-state index in [0.717, 1.165) is 0 Å². The van der Waals surface area contributed by atoms with Crippen molar-refractivity contribution >= 4 is 6.21 Å². The van der Waals surface area contributed by atoms with E-state index in [4.69, 9.17) is 0 Å². The van der Waals surface area contributed by atoms with Crippen LogP contribution in [-0.4, -0.2) is 16.3 Å². The van der Waals surface area contributed by atoms with E-state index in [-0.39, 0.29) is 5.75 Å². The van der Waals surface area contributed by atoms with E-state index < -0.39 is 0 Å². The summed E-state index contributed by atoms with van der Waals surface area (Å²) in [7, 11) is 0. The Labute approximate surface area is 142 Å². The summed E-state index contributed by atoms with van der Waals surface area (Å²) in [5.74, 6) is 0.237. The molecule has 0 unspecified atom stereocenters. The minimum absolute atomic E-state index is 0.237. The predicted octanol–water partition coefficient (Wildman–Crippen LogP) is 4.43. The third-order valence-corrected chi connectivity index (χ3v) is 3.71. The van der Waals surface area contributed by atoms with Crippen LogP contribution in [0.15, 0.2) is 90.0 Å². The molecule has 0 spiro atoms. The minimum atomic E-state index is 0.237. The molecule has 0 bridgehead atoms. The average Bonchev–Trinajstić information content (AvgIpc) is 2.62. The molecule has 0 saturated heterocycles. The first-order valence-corrected chi connectivity index (χ1v) is 7.96. The summed E-state index contributed by atoms with van der Waals surface area (Å²) in [5, 5.41) is 16.5. The molecule has 3 rings (SSSR count). The summed E-state index contributed by atoms with van der Waals surface area (Å²) in [6.45, 7) is 1.42. The van der Waals surface area contributed by atoms with Crippen molar-refractivity contribution in [2.45, 2.75) is 13.1 Å². The second-order valence-corrected chi connectivity index (χ2v) is 5.60. The normalized spacial score (nSPS) is 10.8. The quantitative estimate of drug-likeness (QED) is 0.539. The molecule has 0 radical (unpaired) electrons. The Balaban J connectivity index is 1.80. The van der Waals surface area contributed by atoms with Crippen molar-refractivity contribution in [2.75, 3.05) is 0 Å². The van der Waals surface area contributed by atoms with E-state index in [2.05, 4.69) is 29.4 Å². The number of hydrazone groups is 1. The average molecular weight is 316 g/mol. The van der Waals surface area contributed by atoms with Gasteiger partial charge in [-0.15, -0.1) is 0 Å². The van der Waals surface area contributed by atoms with Crippen LogP contribution in [0.2, 0.25) is 0 Å². The van der Waals surface area contributed by atoms with Gasteiger partial charge >= 0.3 is 0 Å². The Morgan fingerprint density at radius 3 is 1.75 bits per heavy atom. The van der Waals surface area contributed by atoms with Gasteiger partial charge in [0.25, 0.3) is 0 Å². The topological polar surface area (TPSA) is 35.8 Å². The third kappa shape index (κ3) is 4.46. The molecule has 0 aliphatic carbocycles. The monoisotopic (exact) mass is 316 g/mol. The van der Waals surface area contributed by atoms with E-state index in [1.165, 1.54) is 11.1 Å². The second-order valence-electron chi connectivity index (χ2n) is 5.60. The van der Waals surface area contributed by atoms with Gasteiger partial charge in [-0.3, -0.25) is 5.01 Å². The highest BCUT2D eigenvalue weighted by molar-refractivity contribution is 5.82. The van der Waals surface area contributed by atoms with Crippen LogP contribution < -0.4 is 0 Å². The van der Waals surface area contributed by atoms with Gasteiger partial charge in [-0.05, 0) is 23.3 Å². The molecule has 3 aromatic carbocycles. The van der Waals surface area contributed by atoms with Crippen LogP contribution in [0, 0.1) is 0 Å². The van der Waals surface area contributed by atoms with Gasteiger partial charge in [0.05, 0.1) is 19.3 Å². The lowest BCUT2D eigenvalue weighted by Crippen LogP contribution is -2.17. The predicted molar refractivity (Wildman–Crippen MR) is 97.8 cm³/mol. The van der Waals surface area contributed by atoms with Gasteiger partial charge in [-0.1, -0.05) is 72.8 Å². The maximum atomic E-state index is 9.89. The molecular weight excluding hydrogens is 296 g/mol. The molecule has 0 fully saturated rings. The van der Waals surface area contributed by atoms with E-state index in [1.54, 1.807) is 18.3 Å². The highest BCUT2D eigenvalue weighted by Gasteiger charge is 2.04. The lowest BCUT2D eigenvalue weighted by molar-refractivity contribution is 0.272. The SMILES string of the molecule is Oc1ccccc1C=NN(Cc1ccccc1)Cc1ccccc1. The lowest BCUT2D eigenvalue weighted by Gasteiger charge is -2.19. The molecule has 0 atom stereocenters. The largest absolute Gasteiger partial charge is 0.507 e. The molecule has 0 saturated carbocycles. The number of nitrogens with zero attached hydrogens (tertiary/aromatic N) is 2. The van der Waals surface area contributed by atoms with Crippen LogP contribution in [0.5, 0.6) is 5.75 Å². The van der Waals surface area contributed by atoms with E-state index in [0.29, 0.717) is 18.7 Å². The van der Waals surface area contributed by atoms with Crippen molar-refractivity contribution in [2.24, 2.45) is 5.10 Å². The summed E-state index contributed by atoms with van der Waals surface area (Å²) in [5.41, 5.74) is 3.11. The Morgan fingerprint density at radius 1 is 0.708 bits per heavy atom. The second kappa shape index (κ2) is 7.97. The molecule has 24 heavy (non-hydrogen) atoms. The summed E-state index contributed by atoms with van der Waals surface area (Å²) in [6.07, 6.45) is 1.71.